The molecule has 8 nitrogen and oxygen atoms in total. The van der Waals surface area contributed by atoms with Gasteiger partial charge in [-0.05, 0) is 41.5 Å². The van der Waals surface area contributed by atoms with E-state index in [1.54, 1.807) is 24.3 Å². The Morgan fingerprint density at radius 1 is 0.939 bits per heavy atom. The zero-order chi connectivity index (χ0) is 23.4. The zero-order valence-corrected chi connectivity index (χ0v) is 17.6. The molecule has 1 aliphatic rings. The lowest BCUT2D eigenvalue weighted by molar-refractivity contribution is -0.385. The molecule has 2 N–H and O–H groups in total. The van der Waals surface area contributed by atoms with Crippen LogP contribution in [-0.2, 0) is 0 Å². The van der Waals surface area contributed by atoms with Gasteiger partial charge in [0.25, 0.3) is 5.69 Å². The first-order valence-electron chi connectivity index (χ1n) is 10.4. The molecule has 1 fully saturated rings. The molecule has 10 heteroatoms. The Labute approximate surface area is 189 Å². The number of aromatic nitrogens is 1. The maximum absolute atomic E-state index is 13.5. The highest BCUT2D eigenvalue weighted by atomic mass is 19.1. The molecule has 0 aliphatic carbocycles. The van der Waals surface area contributed by atoms with Crippen molar-refractivity contribution in [1.29, 1.82) is 0 Å². The average molecular weight is 452 g/mol. The fraction of sp³-hybridized carbons (Fsp3) is 0.217. The third-order valence-electron chi connectivity index (χ3n) is 5.55. The van der Waals surface area contributed by atoms with Crippen LogP contribution in [0.25, 0.3) is 0 Å². The number of hydrogen-bond acceptors (Lipinski definition) is 5. The van der Waals surface area contributed by atoms with Crippen molar-refractivity contribution >= 4 is 17.5 Å². The van der Waals surface area contributed by atoms with E-state index >= 15 is 0 Å². The smallest absolute Gasteiger partial charge is 0.287 e. The van der Waals surface area contributed by atoms with Crippen molar-refractivity contribution < 1.29 is 13.7 Å². The van der Waals surface area contributed by atoms with Crippen LogP contribution in [0.15, 0.2) is 71.9 Å². The molecule has 0 atom stereocenters. The molecule has 2 heterocycles. The summed E-state index contributed by atoms with van der Waals surface area (Å²) in [6, 6.07) is 15.3. The summed E-state index contributed by atoms with van der Waals surface area (Å²) in [5.74, 6) is -0.0670. The molecule has 170 valence electrons. The molecule has 0 spiro atoms. The molecule has 0 bridgehead atoms. The topological polar surface area (TPSA) is 101 Å². The molecule has 2 aromatic carbocycles. The summed E-state index contributed by atoms with van der Waals surface area (Å²) < 4.78 is 27.0. The van der Waals surface area contributed by atoms with E-state index in [9.17, 15) is 18.9 Å². The van der Waals surface area contributed by atoms with Gasteiger partial charge in [-0.15, -0.1) is 0 Å². The molecular weight excluding hydrogens is 430 g/mol. The van der Waals surface area contributed by atoms with E-state index in [1.165, 1.54) is 36.4 Å². The summed E-state index contributed by atoms with van der Waals surface area (Å²) >= 11 is 0. The number of pyridine rings is 1. The summed E-state index contributed by atoms with van der Waals surface area (Å²) in [5.41, 5.74) is 7.86. The second-order valence-electron chi connectivity index (χ2n) is 7.63. The summed E-state index contributed by atoms with van der Waals surface area (Å²) in [5, 5.41) is 10.8. The number of halogens is 2. The number of nitrogens with two attached hydrogens (primary N) is 1. The molecule has 0 saturated carbocycles. The lowest BCUT2D eigenvalue weighted by Crippen LogP contribution is -2.52. The highest BCUT2D eigenvalue weighted by molar-refractivity contribution is 5.80. The maximum Gasteiger partial charge on any atom is 0.287 e. The fourth-order valence-corrected chi connectivity index (χ4v) is 3.85. The van der Waals surface area contributed by atoms with Crippen LogP contribution in [0.5, 0.6) is 0 Å². The van der Waals surface area contributed by atoms with Crippen LogP contribution in [0.4, 0.5) is 20.3 Å². The third kappa shape index (κ3) is 5.29. The average Bonchev–Trinajstić information content (AvgIpc) is 2.82. The SMILES string of the molecule is NC(=Nc1ccc([N+](=O)[O-])cn1)N1CCN(C(c2ccc(F)cc2)c2ccc(F)cc2)CC1. The highest BCUT2D eigenvalue weighted by Gasteiger charge is 2.27. The predicted octanol–water partition coefficient (Wildman–Crippen LogP) is 3.62. The van der Waals surface area contributed by atoms with Crippen LogP contribution in [0, 0.1) is 21.7 Å². The first kappa shape index (κ1) is 22.3. The maximum atomic E-state index is 13.5. The lowest BCUT2D eigenvalue weighted by atomic mass is 9.96. The van der Waals surface area contributed by atoms with Crippen molar-refractivity contribution in [2.75, 3.05) is 26.2 Å². The van der Waals surface area contributed by atoms with Crippen molar-refractivity contribution in [1.82, 2.24) is 14.8 Å². The molecule has 3 aromatic rings. The summed E-state index contributed by atoms with van der Waals surface area (Å²) in [6.07, 6.45) is 1.14. The van der Waals surface area contributed by atoms with Gasteiger partial charge in [0.1, 0.15) is 17.8 Å². The molecule has 1 aromatic heterocycles. The van der Waals surface area contributed by atoms with E-state index in [0.717, 1.165) is 17.3 Å². The molecule has 0 amide bonds. The van der Waals surface area contributed by atoms with Gasteiger partial charge in [0, 0.05) is 32.2 Å². The Kier molecular flexibility index (Phi) is 6.55. The molecule has 0 radical (unpaired) electrons. The number of nitrogens with zero attached hydrogens (tertiary/aromatic N) is 5. The van der Waals surface area contributed by atoms with E-state index in [0.29, 0.717) is 26.2 Å². The van der Waals surface area contributed by atoms with Crippen LogP contribution in [-0.4, -0.2) is 51.8 Å². The van der Waals surface area contributed by atoms with Crippen LogP contribution >= 0.6 is 0 Å². The van der Waals surface area contributed by atoms with E-state index in [4.69, 9.17) is 5.73 Å². The minimum Gasteiger partial charge on any atom is -0.369 e. The van der Waals surface area contributed by atoms with Gasteiger partial charge in [-0.2, -0.15) is 4.99 Å². The largest absolute Gasteiger partial charge is 0.369 e. The van der Waals surface area contributed by atoms with Crippen molar-refractivity contribution in [3.63, 3.8) is 0 Å². The number of nitro groups is 1. The van der Waals surface area contributed by atoms with E-state index in [1.807, 2.05) is 4.90 Å². The number of hydrogen-bond donors (Lipinski definition) is 1. The number of benzene rings is 2. The number of aliphatic imine (C=N–C) groups is 1. The minimum absolute atomic E-state index is 0.117. The van der Waals surface area contributed by atoms with Gasteiger partial charge in [0.15, 0.2) is 11.8 Å². The van der Waals surface area contributed by atoms with E-state index in [-0.39, 0.29) is 35.1 Å². The number of piperazine rings is 1. The molecule has 1 saturated heterocycles. The molecule has 0 unspecified atom stereocenters. The van der Waals surface area contributed by atoms with Gasteiger partial charge in [-0.25, -0.2) is 13.8 Å². The quantitative estimate of drug-likeness (QED) is 0.275. The second-order valence-corrected chi connectivity index (χ2v) is 7.63. The summed E-state index contributed by atoms with van der Waals surface area (Å²) in [7, 11) is 0. The van der Waals surface area contributed by atoms with Crippen LogP contribution in [0.1, 0.15) is 17.2 Å². The third-order valence-corrected chi connectivity index (χ3v) is 5.55. The molecule has 4 rings (SSSR count). The first-order chi connectivity index (χ1) is 15.9. The van der Waals surface area contributed by atoms with Crippen LogP contribution < -0.4 is 5.73 Å². The van der Waals surface area contributed by atoms with E-state index < -0.39 is 4.92 Å². The van der Waals surface area contributed by atoms with Crippen molar-refractivity contribution in [3.8, 4) is 0 Å². The Hall–Kier alpha value is -3.92. The fourth-order valence-electron chi connectivity index (χ4n) is 3.85. The molecule has 1 aliphatic heterocycles. The highest BCUT2D eigenvalue weighted by Crippen LogP contribution is 2.30. The standard InChI is InChI=1S/C23H22F2N6O2/c24-18-5-1-16(2-6-18)22(17-3-7-19(25)8-4-17)29-11-13-30(14-12-29)23(26)28-21-10-9-20(15-27-21)31(32)33/h1-10,15,22H,11-14H2,(H2,26,27,28). The Bertz CT molecular complexity index is 1080. The number of rotatable bonds is 5. The van der Waals surface area contributed by atoms with Gasteiger partial charge < -0.3 is 10.6 Å². The van der Waals surface area contributed by atoms with Gasteiger partial charge in [-0.3, -0.25) is 15.0 Å². The monoisotopic (exact) mass is 452 g/mol. The van der Waals surface area contributed by atoms with Crippen molar-refractivity contribution in [2.24, 2.45) is 10.7 Å². The minimum atomic E-state index is -0.526. The second kappa shape index (κ2) is 9.70. The number of guanidine groups is 1. The molecular formula is C23H22F2N6O2. The zero-order valence-electron chi connectivity index (χ0n) is 17.6. The Morgan fingerprint density at radius 3 is 1.94 bits per heavy atom. The van der Waals surface area contributed by atoms with Gasteiger partial charge in [-0.1, -0.05) is 24.3 Å². The van der Waals surface area contributed by atoms with Crippen LogP contribution in [0.3, 0.4) is 0 Å². The summed E-state index contributed by atoms with van der Waals surface area (Å²) in [4.78, 5) is 22.6. The van der Waals surface area contributed by atoms with Gasteiger partial charge >= 0.3 is 0 Å². The van der Waals surface area contributed by atoms with Gasteiger partial charge in [0.2, 0.25) is 0 Å². The predicted molar refractivity (Wildman–Crippen MR) is 120 cm³/mol. The first-order valence-corrected chi connectivity index (χ1v) is 10.4. The van der Waals surface area contributed by atoms with E-state index in [2.05, 4.69) is 14.9 Å². The van der Waals surface area contributed by atoms with Crippen LogP contribution in [0.2, 0.25) is 0 Å². The van der Waals surface area contributed by atoms with Crippen molar-refractivity contribution in [3.05, 3.63) is 99.7 Å². The molecule has 33 heavy (non-hydrogen) atoms. The van der Waals surface area contributed by atoms with Gasteiger partial charge in [0.05, 0.1) is 11.0 Å². The Balaban J connectivity index is 1.49. The van der Waals surface area contributed by atoms with Crippen molar-refractivity contribution in [2.45, 2.75) is 6.04 Å². The lowest BCUT2D eigenvalue weighted by Gasteiger charge is -2.40. The Morgan fingerprint density at radius 2 is 1.48 bits per heavy atom. The normalized spacial score (nSPS) is 15.1. The summed E-state index contributed by atoms with van der Waals surface area (Å²) in [6.45, 7) is 2.45.